The van der Waals surface area contributed by atoms with Gasteiger partial charge in [-0.25, -0.2) is 0 Å². The molecule has 0 aliphatic carbocycles. The minimum absolute atomic E-state index is 0.103. The first kappa shape index (κ1) is 10.3. The molecule has 1 unspecified atom stereocenters. The molecule has 0 spiro atoms. The minimum atomic E-state index is 0.103. The zero-order valence-corrected chi connectivity index (χ0v) is 8.79. The van der Waals surface area contributed by atoms with Gasteiger partial charge >= 0.3 is 0 Å². The van der Waals surface area contributed by atoms with Gasteiger partial charge in [0, 0.05) is 5.92 Å². The molecule has 0 saturated heterocycles. The molecule has 0 bridgehead atoms. The summed E-state index contributed by atoms with van der Waals surface area (Å²) in [6.45, 7) is 8.34. The molecule has 0 aliphatic rings. The van der Waals surface area contributed by atoms with Crippen molar-refractivity contribution in [1.82, 2.24) is 0 Å². The molecule has 0 amide bonds. The molecular formula is C11H18O2. The van der Waals surface area contributed by atoms with Gasteiger partial charge in [-0.15, -0.1) is 0 Å². The molecular weight excluding hydrogens is 164 g/mol. The Bertz CT molecular complexity index is 274. The van der Waals surface area contributed by atoms with Crippen molar-refractivity contribution < 1.29 is 9.52 Å². The van der Waals surface area contributed by atoms with E-state index >= 15 is 0 Å². The van der Waals surface area contributed by atoms with Crippen LogP contribution in [0.4, 0.5) is 0 Å². The highest BCUT2D eigenvalue weighted by molar-refractivity contribution is 5.27. The van der Waals surface area contributed by atoms with Crippen molar-refractivity contribution in [1.29, 1.82) is 0 Å². The highest BCUT2D eigenvalue weighted by atomic mass is 16.3. The molecule has 0 saturated carbocycles. The highest BCUT2D eigenvalue weighted by Crippen LogP contribution is 2.28. The minimum Gasteiger partial charge on any atom is -0.466 e. The molecule has 1 heterocycles. The fourth-order valence-electron chi connectivity index (χ4n) is 1.47. The first-order valence-electron chi connectivity index (χ1n) is 4.77. The Labute approximate surface area is 79.6 Å². The smallest absolute Gasteiger partial charge is 0.112 e. The Morgan fingerprint density at radius 1 is 1.38 bits per heavy atom. The van der Waals surface area contributed by atoms with E-state index in [0.717, 1.165) is 11.5 Å². The summed E-state index contributed by atoms with van der Waals surface area (Å²) < 4.78 is 5.57. The molecule has 1 N–H and O–H groups in total. The molecule has 0 fully saturated rings. The molecule has 13 heavy (non-hydrogen) atoms. The molecule has 1 rings (SSSR count). The van der Waals surface area contributed by atoms with Crippen LogP contribution in [0, 0.1) is 6.92 Å². The van der Waals surface area contributed by atoms with Crippen LogP contribution < -0.4 is 0 Å². The predicted octanol–water partition coefficient (Wildman–Crippen LogP) is 2.81. The van der Waals surface area contributed by atoms with E-state index in [0.29, 0.717) is 5.92 Å². The molecule has 1 aromatic rings. The Morgan fingerprint density at radius 2 is 2.00 bits per heavy atom. The van der Waals surface area contributed by atoms with Gasteiger partial charge in [-0.05, 0) is 24.5 Å². The van der Waals surface area contributed by atoms with Crippen LogP contribution in [0.1, 0.15) is 49.7 Å². The standard InChI is InChI=1S/C11H18O2/c1-7(2)10-5-9(4)13-11(10)8(3)6-12/h5,7-8,12H,6H2,1-4H3. The number of furan rings is 1. The SMILES string of the molecule is Cc1cc(C(C)C)c(C(C)CO)o1. The van der Waals surface area contributed by atoms with Crippen molar-refractivity contribution in [2.24, 2.45) is 0 Å². The van der Waals surface area contributed by atoms with Crippen molar-refractivity contribution in [2.45, 2.75) is 39.5 Å². The lowest BCUT2D eigenvalue weighted by Crippen LogP contribution is -2.01. The number of rotatable bonds is 3. The fraction of sp³-hybridized carbons (Fsp3) is 0.636. The monoisotopic (exact) mass is 182 g/mol. The average Bonchev–Trinajstić information content (AvgIpc) is 2.46. The number of hydrogen-bond donors (Lipinski definition) is 1. The maximum atomic E-state index is 9.04. The van der Waals surface area contributed by atoms with Crippen molar-refractivity contribution in [3.63, 3.8) is 0 Å². The van der Waals surface area contributed by atoms with Crippen molar-refractivity contribution in [2.75, 3.05) is 6.61 Å². The van der Waals surface area contributed by atoms with E-state index in [1.54, 1.807) is 0 Å². The lowest BCUT2D eigenvalue weighted by Gasteiger charge is -2.09. The third kappa shape index (κ3) is 2.13. The van der Waals surface area contributed by atoms with Crippen molar-refractivity contribution in [3.05, 3.63) is 23.2 Å². The van der Waals surface area contributed by atoms with E-state index in [4.69, 9.17) is 9.52 Å². The second-order valence-electron chi connectivity index (χ2n) is 3.91. The van der Waals surface area contributed by atoms with Gasteiger partial charge in [0.2, 0.25) is 0 Å². The van der Waals surface area contributed by atoms with Crippen LogP contribution in [-0.2, 0) is 0 Å². The summed E-state index contributed by atoms with van der Waals surface area (Å²) in [5.74, 6) is 2.43. The zero-order chi connectivity index (χ0) is 10.0. The Kier molecular flexibility index (Phi) is 3.15. The van der Waals surface area contributed by atoms with Crippen LogP contribution >= 0.6 is 0 Å². The van der Waals surface area contributed by atoms with Gasteiger partial charge in [0.15, 0.2) is 0 Å². The number of aliphatic hydroxyl groups is 1. The molecule has 2 heteroatoms. The molecule has 1 aromatic heterocycles. The lowest BCUT2D eigenvalue weighted by molar-refractivity contribution is 0.255. The normalized spacial score (nSPS) is 13.7. The van der Waals surface area contributed by atoms with Crippen LogP contribution in [0.5, 0.6) is 0 Å². The van der Waals surface area contributed by atoms with Crippen LogP contribution in [0.25, 0.3) is 0 Å². The zero-order valence-electron chi connectivity index (χ0n) is 8.79. The van der Waals surface area contributed by atoms with E-state index < -0.39 is 0 Å². The molecule has 0 aromatic carbocycles. The lowest BCUT2D eigenvalue weighted by atomic mass is 9.98. The first-order valence-corrected chi connectivity index (χ1v) is 4.77. The van der Waals surface area contributed by atoms with E-state index in [1.165, 1.54) is 5.56 Å². The Morgan fingerprint density at radius 3 is 2.46 bits per heavy atom. The van der Waals surface area contributed by atoms with Crippen LogP contribution in [0.2, 0.25) is 0 Å². The van der Waals surface area contributed by atoms with E-state index in [9.17, 15) is 0 Å². The highest BCUT2D eigenvalue weighted by Gasteiger charge is 2.17. The second kappa shape index (κ2) is 3.97. The maximum Gasteiger partial charge on any atom is 0.112 e. The first-order chi connectivity index (χ1) is 6.06. The van der Waals surface area contributed by atoms with E-state index in [1.807, 2.05) is 13.8 Å². The van der Waals surface area contributed by atoms with Crippen LogP contribution in [0.3, 0.4) is 0 Å². The third-order valence-corrected chi connectivity index (χ3v) is 2.26. The van der Waals surface area contributed by atoms with Crippen LogP contribution in [-0.4, -0.2) is 11.7 Å². The fourth-order valence-corrected chi connectivity index (χ4v) is 1.47. The van der Waals surface area contributed by atoms with Gasteiger partial charge in [-0.2, -0.15) is 0 Å². The summed E-state index contributed by atoms with van der Waals surface area (Å²) in [6, 6.07) is 2.06. The van der Waals surface area contributed by atoms with E-state index in [-0.39, 0.29) is 12.5 Å². The topological polar surface area (TPSA) is 33.4 Å². The van der Waals surface area contributed by atoms with Crippen molar-refractivity contribution in [3.8, 4) is 0 Å². The Balaban J connectivity index is 3.04. The predicted molar refractivity (Wildman–Crippen MR) is 53.0 cm³/mol. The van der Waals surface area contributed by atoms with Gasteiger partial charge < -0.3 is 9.52 Å². The number of aliphatic hydroxyl groups excluding tert-OH is 1. The number of hydrogen-bond acceptors (Lipinski definition) is 2. The molecule has 2 nitrogen and oxygen atoms in total. The average molecular weight is 182 g/mol. The quantitative estimate of drug-likeness (QED) is 0.779. The van der Waals surface area contributed by atoms with Gasteiger partial charge in [0.25, 0.3) is 0 Å². The summed E-state index contributed by atoms with van der Waals surface area (Å²) in [5.41, 5.74) is 1.22. The molecule has 0 radical (unpaired) electrons. The molecule has 0 aliphatic heterocycles. The summed E-state index contributed by atoms with van der Waals surface area (Å²) in [7, 11) is 0. The summed E-state index contributed by atoms with van der Waals surface area (Å²) in [4.78, 5) is 0. The second-order valence-corrected chi connectivity index (χ2v) is 3.91. The van der Waals surface area contributed by atoms with Gasteiger partial charge in [0.1, 0.15) is 11.5 Å². The van der Waals surface area contributed by atoms with Gasteiger partial charge in [0.05, 0.1) is 6.61 Å². The maximum absolute atomic E-state index is 9.04. The van der Waals surface area contributed by atoms with Gasteiger partial charge in [-0.1, -0.05) is 20.8 Å². The summed E-state index contributed by atoms with van der Waals surface area (Å²) in [5, 5.41) is 9.04. The van der Waals surface area contributed by atoms with E-state index in [2.05, 4.69) is 19.9 Å². The Hall–Kier alpha value is -0.760. The van der Waals surface area contributed by atoms with Gasteiger partial charge in [-0.3, -0.25) is 0 Å². The summed E-state index contributed by atoms with van der Waals surface area (Å²) in [6.07, 6.45) is 0. The van der Waals surface area contributed by atoms with Crippen molar-refractivity contribution >= 4 is 0 Å². The number of aryl methyl sites for hydroxylation is 1. The summed E-state index contributed by atoms with van der Waals surface area (Å²) >= 11 is 0. The third-order valence-electron chi connectivity index (χ3n) is 2.26. The largest absolute Gasteiger partial charge is 0.466 e. The molecule has 74 valence electrons. The van der Waals surface area contributed by atoms with Crippen LogP contribution in [0.15, 0.2) is 10.5 Å². The molecule has 1 atom stereocenters.